The van der Waals surface area contributed by atoms with E-state index in [1.54, 1.807) is 17.7 Å². The molecule has 1 aromatic carbocycles. The van der Waals surface area contributed by atoms with Gasteiger partial charge < -0.3 is 10.5 Å². The molecule has 0 radical (unpaired) electrons. The minimum atomic E-state index is -4.50. The Labute approximate surface area is 187 Å². The highest BCUT2D eigenvalue weighted by Crippen LogP contribution is 2.58. The third-order valence-corrected chi connectivity index (χ3v) is 7.34. The van der Waals surface area contributed by atoms with Gasteiger partial charge in [-0.3, -0.25) is 0 Å². The lowest BCUT2D eigenvalue weighted by Gasteiger charge is -2.51. The van der Waals surface area contributed by atoms with E-state index < -0.39 is 29.0 Å². The lowest BCUT2D eigenvalue weighted by Crippen LogP contribution is -2.48. The molecule has 3 fully saturated rings. The van der Waals surface area contributed by atoms with E-state index >= 15 is 0 Å². The molecule has 33 heavy (non-hydrogen) atoms. The molecule has 0 amide bonds. The fraction of sp³-hybridized carbons (Fsp3) is 0.545. The summed E-state index contributed by atoms with van der Waals surface area (Å²) >= 11 is 0. The molecule has 2 heterocycles. The minimum Gasteiger partial charge on any atom is -1.00 e. The molecule has 0 saturated heterocycles. The molecule has 11 heteroatoms. The van der Waals surface area contributed by atoms with Crippen LogP contribution in [0.2, 0.25) is 0 Å². The maximum absolute atomic E-state index is 13.6. The molecule has 3 aromatic rings. The smallest absolute Gasteiger partial charge is 0.417 e. The highest BCUT2D eigenvalue weighted by Gasteiger charge is 2.54. The van der Waals surface area contributed by atoms with Crippen LogP contribution in [0.15, 0.2) is 28.8 Å². The molecule has 0 atom stereocenters. The summed E-state index contributed by atoms with van der Waals surface area (Å²) in [6.07, 6.45) is -0.479. The molecule has 2 aromatic heterocycles. The molecule has 3 aliphatic rings. The maximum atomic E-state index is 13.6. The van der Waals surface area contributed by atoms with Gasteiger partial charge in [-0.2, -0.15) is 26.9 Å². The summed E-state index contributed by atoms with van der Waals surface area (Å²) < 4.78 is 74.2. The zero-order valence-corrected chi connectivity index (χ0v) is 18.1. The van der Waals surface area contributed by atoms with Crippen LogP contribution in [0.1, 0.15) is 70.0 Å². The van der Waals surface area contributed by atoms with Gasteiger partial charge in [0.2, 0.25) is 0 Å². The van der Waals surface area contributed by atoms with Crippen molar-refractivity contribution in [2.45, 2.75) is 68.4 Å². The first kappa shape index (κ1) is 22.0. The van der Waals surface area contributed by atoms with Gasteiger partial charge in [0.05, 0.1) is 5.56 Å². The Balaban J connectivity index is 0.00000274. The monoisotopic (exact) mass is 468 g/mol. The van der Waals surface area contributed by atoms with E-state index in [9.17, 15) is 22.0 Å². The molecular formula is C22H23F5N5O-. The van der Waals surface area contributed by atoms with Gasteiger partial charge in [0, 0.05) is 30.4 Å². The van der Waals surface area contributed by atoms with Crippen molar-refractivity contribution in [1.29, 1.82) is 0 Å². The van der Waals surface area contributed by atoms with Crippen molar-refractivity contribution in [3.05, 3.63) is 47.4 Å². The molecule has 3 saturated carbocycles. The third kappa shape index (κ3) is 3.43. The Morgan fingerprint density at radius 2 is 1.55 bits per heavy atom. The van der Waals surface area contributed by atoms with E-state index in [2.05, 4.69) is 20.3 Å². The predicted octanol–water partition coefficient (Wildman–Crippen LogP) is 5.65. The second-order valence-electron chi connectivity index (χ2n) is 9.32. The summed E-state index contributed by atoms with van der Waals surface area (Å²) in [6, 6.07) is 5.34. The minimum absolute atomic E-state index is 0. The van der Waals surface area contributed by atoms with Gasteiger partial charge in [0.25, 0.3) is 5.89 Å². The Kier molecular flexibility index (Phi) is 4.71. The molecule has 0 aliphatic heterocycles. The number of aromatic nitrogens is 5. The third-order valence-electron chi connectivity index (χ3n) is 7.34. The molecule has 0 N–H and O–H groups in total. The zero-order valence-electron chi connectivity index (χ0n) is 19.1. The van der Waals surface area contributed by atoms with Gasteiger partial charge >= 0.3 is 12.1 Å². The summed E-state index contributed by atoms with van der Waals surface area (Å²) in [5, 5.41) is 12.3. The first-order valence-corrected chi connectivity index (χ1v) is 10.7. The van der Waals surface area contributed by atoms with Crippen molar-refractivity contribution in [1.82, 2.24) is 24.9 Å². The number of hydrogen-bond acceptors (Lipinski definition) is 5. The van der Waals surface area contributed by atoms with Crippen LogP contribution in [0.25, 0.3) is 11.4 Å². The van der Waals surface area contributed by atoms with Crippen LogP contribution in [0.4, 0.5) is 22.0 Å². The van der Waals surface area contributed by atoms with Crippen molar-refractivity contribution in [3.8, 4) is 11.4 Å². The predicted molar refractivity (Wildman–Crippen MR) is 107 cm³/mol. The van der Waals surface area contributed by atoms with Crippen molar-refractivity contribution in [2.75, 3.05) is 0 Å². The first-order chi connectivity index (χ1) is 15.5. The van der Waals surface area contributed by atoms with Crippen LogP contribution in [-0.2, 0) is 30.0 Å². The van der Waals surface area contributed by atoms with E-state index in [0.717, 1.165) is 13.0 Å². The molecule has 6 nitrogen and oxygen atoms in total. The zero-order chi connectivity index (χ0) is 23.6. The number of nitrogens with zero attached hydrogens (tertiary/aromatic N) is 5. The molecule has 3 aliphatic carbocycles. The number of fused-ring (bicyclic) bond motifs is 3. The number of halogens is 5. The van der Waals surface area contributed by atoms with Gasteiger partial charge in [0.15, 0.2) is 11.6 Å². The summed E-state index contributed by atoms with van der Waals surface area (Å²) in [7, 11) is 1.69. The van der Waals surface area contributed by atoms with Gasteiger partial charge in [-0.25, -0.2) is 0 Å². The maximum Gasteiger partial charge on any atom is 0.417 e. The van der Waals surface area contributed by atoms with Crippen LogP contribution < -0.4 is 0 Å². The summed E-state index contributed by atoms with van der Waals surface area (Å²) in [5.41, 5.74) is -1.53. The van der Waals surface area contributed by atoms with Crippen molar-refractivity contribution < 1.29 is 27.9 Å². The Morgan fingerprint density at radius 1 is 0.939 bits per heavy atom. The van der Waals surface area contributed by atoms with Gasteiger partial charge in [-0.05, 0) is 44.6 Å². The highest BCUT2D eigenvalue weighted by atomic mass is 19.4. The lowest BCUT2D eigenvalue weighted by atomic mass is 9.53. The van der Waals surface area contributed by atoms with E-state index in [1.165, 1.54) is 12.1 Å². The molecule has 178 valence electrons. The quantitative estimate of drug-likeness (QED) is 0.463. The van der Waals surface area contributed by atoms with E-state index in [-0.39, 0.29) is 18.2 Å². The Bertz CT molecular complexity index is 1170. The van der Waals surface area contributed by atoms with E-state index in [0.29, 0.717) is 50.2 Å². The second kappa shape index (κ2) is 7.07. The van der Waals surface area contributed by atoms with Crippen LogP contribution in [0, 0.1) is 0 Å². The van der Waals surface area contributed by atoms with Crippen molar-refractivity contribution in [2.24, 2.45) is 7.05 Å². The summed E-state index contributed by atoms with van der Waals surface area (Å²) in [4.78, 5) is 3.99. The number of alkyl halides is 5. The average Bonchev–Trinajstić information content (AvgIpc) is 3.42. The molecule has 0 unspecified atom stereocenters. The first-order valence-electron chi connectivity index (χ1n) is 10.7. The standard InChI is InChI=1S/C22H22F5N5O.H/c1-19(23,24)18-28-16(31-33-18)20-7-10-21(11-8-20,12-9-20)17-30-29-15(32(17)2)13-5-3-4-6-14(13)22(25,26)27;/h3-6H,7-12H2,1-2H3;/q;-1. The van der Waals surface area contributed by atoms with Gasteiger partial charge in [0.1, 0.15) is 5.82 Å². The van der Waals surface area contributed by atoms with E-state index in [4.69, 9.17) is 4.52 Å². The largest absolute Gasteiger partial charge is 1.00 e. The SMILES string of the molecule is Cn1c(-c2ccccc2C(F)(F)F)nnc1C12CCC(c3noc(C(C)(F)F)n3)(CC1)CC2.[H-]. The lowest BCUT2D eigenvalue weighted by molar-refractivity contribution is -0.137. The normalized spacial score (nSPS) is 25.5. The van der Waals surface area contributed by atoms with Gasteiger partial charge in [-0.15, -0.1) is 10.2 Å². The molecule has 0 spiro atoms. The fourth-order valence-corrected chi connectivity index (χ4v) is 5.42. The number of rotatable bonds is 4. The van der Waals surface area contributed by atoms with Crippen LogP contribution >= 0.6 is 0 Å². The molecular weight excluding hydrogens is 445 g/mol. The summed E-state index contributed by atoms with van der Waals surface area (Å²) in [6.45, 7) is 0.720. The van der Waals surface area contributed by atoms with Crippen LogP contribution in [0.3, 0.4) is 0 Å². The van der Waals surface area contributed by atoms with E-state index in [1.807, 2.05) is 0 Å². The fourth-order valence-electron chi connectivity index (χ4n) is 5.42. The van der Waals surface area contributed by atoms with Crippen LogP contribution in [0.5, 0.6) is 0 Å². The second-order valence-corrected chi connectivity index (χ2v) is 9.32. The van der Waals surface area contributed by atoms with Crippen molar-refractivity contribution in [3.63, 3.8) is 0 Å². The Hall–Kier alpha value is -2.85. The number of hydrogen-bond donors (Lipinski definition) is 0. The van der Waals surface area contributed by atoms with Crippen LogP contribution in [-0.4, -0.2) is 24.9 Å². The highest BCUT2D eigenvalue weighted by molar-refractivity contribution is 5.61. The molecule has 6 rings (SSSR count). The van der Waals surface area contributed by atoms with Gasteiger partial charge in [-0.1, -0.05) is 23.4 Å². The van der Waals surface area contributed by atoms with Crippen molar-refractivity contribution >= 4 is 0 Å². The Morgan fingerprint density at radius 3 is 2.12 bits per heavy atom. The molecule has 2 bridgehead atoms. The summed E-state index contributed by atoms with van der Waals surface area (Å²) in [5.74, 6) is -2.75. The number of benzene rings is 1. The average molecular weight is 468 g/mol. The topological polar surface area (TPSA) is 69.6 Å².